The number of halogens is 1. The monoisotopic (exact) mass is 254 g/mol. The molecule has 0 aromatic carbocycles. The SMILES string of the molecule is O=C(O)c1cc(NCC2CCCC2)ncc1Cl. The maximum atomic E-state index is 10.9. The maximum absolute atomic E-state index is 10.9. The Morgan fingerprint density at radius 3 is 2.88 bits per heavy atom. The third-order valence-electron chi connectivity index (χ3n) is 3.13. The van der Waals surface area contributed by atoms with Crippen molar-refractivity contribution in [2.75, 3.05) is 11.9 Å². The lowest BCUT2D eigenvalue weighted by molar-refractivity contribution is 0.0697. The first-order valence-electron chi connectivity index (χ1n) is 5.79. The number of carboxylic acid groups (broad SMARTS) is 1. The van der Waals surface area contributed by atoms with Crippen molar-refractivity contribution < 1.29 is 9.90 Å². The number of hydrogen-bond acceptors (Lipinski definition) is 3. The summed E-state index contributed by atoms with van der Waals surface area (Å²) in [6.07, 6.45) is 6.45. The van der Waals surface area contributed by atoms with Gasteiger partial charge in [-0.25, -0.2) is 9.78 Å². The molecule has 92 valence electrons. The van der Waals surface area contributed by atoms with E-state index in [4.69, 9.17) is 16.7 Å². The zero-order valence-electron chi connectivity index (χ0n) is 9.45. The van der Waals surface area contributed by atoms with Crippen molar-refractivity contribution in [3.8, 4) is 0 Å². The summed E-state index contributed by atoms with van der Waals surface area (Å²) in [7, 11) is 0. The fourth-order valence-electron chi connectivity index (χ4n) is 2.16. The van der Waals surface area contributed by atoms with Crippen molar-refractivity contribution in [3.05, 3.63) is 22.8 Å². The molecule has 0 spiro atoms. The average Bonchev–Trinajstić information content (AvgIpc) is 2.80. The number of aromatic nitrogens is 1. The lowest BCUT2D eigenvalue weighted by Gasteiger charge is -2.11. The number of carboxylic acids is 1. The van der Waals surface area contributed by atoms with Crippen LogP contribution < -0.4 is 5.32 Å². The van der Waals surface area contributed by atoms with Crippen molar-refractivity contribution in [1.29, 1.82) is 0 Å². The molecule has 0 saturated heterocycles. The zero-order valence-corrected chi connectivity index (χ0v) is 10.2. The summed E-state index contributed by atoms with van der Waals surface area (Å²) in [4.78, 5) is 15.0. The highest BCUT2D eigenvalue weighted by Crippen LogP contribution is 2.25. The predicted octanol–water partition coefficient (Wildman–Crippen LogP) is 3.04. The van der Waals surface area contributed by atoms with Crippen molar-refractivity contribution in [2.45, 2.75) is 25.7 Å². The Morgan fingerprint density at radius 2 is 2.24 bits per heavy atom. The van der Waals surface area contributed by atoms with E-state index in [2.05, 4.69) is 10.3 Å². The summed E-state index contributed by atoms with van der Waals surface area (Å²) in [5.74, 6) is 0.237. The molecule has 4 nitrogen and oxygen atoms in total. The van der Waals surface area contributed by atoms with Crippen LogP contribution in [0, 0.1) is 5.92 Å². The molecule has 1 fully saturated rings. The average molecular weight is 255 g/mol. The second-order valence-corrected chi connectivity index (χ2v) is 4.79. The van der Waals surface area contributed by atoms with E-state index >= 15 is 0 Å². The topological polar surface area (TPSA) is 62.2 Å². The number of anilines is 1. The molecule has 0 amide bonds. The van der Waals surface area contributed by atoms with Crippen LogP contribution in [0.5, 0.6) is 0 Å². The normalized spacial score (nSPS) is 16.1. The van der Waals surface area contributed by atoms with Crippen LogP contribution in [0.4, 0.5) is 5.82 Å². The van der Waals surface area contributed by atoms with Crippen molar-refractivity contribution in [2.24, 2.45) is 5.92 Å². The number of carbonyl (C=O) groups is 1. The van der Waals surface area contributed by atoms with Gasteiger partial charge in [-0.05, 0) is 24.8 Å². The molecule has 1 aliphatic rings. The highest BCUT2D eigenvalue weighted by molar-refractivity contribution is 6.33. The highest BCUT2D eigenvalue weighted by Gasteiger charge is 2.15. The van der Waals surface area contributed by atoms with Gasteiger partial charge in [0.05, 0.1) is 10.6 Å². The van der Waals surface area contributed by atoms with E-state index in [1.807, 2.05) is 0 Å². The molecule has 1 aromatic rings. The van der Waals surface area contributed by atoms with Crippen LogP contribution in [0.15, 0.2) is 12.3 Å². The second kappa shape index (κ2) is 5.36. The quantitative estimate of drug-likeness (QED) is 0.867. The summed E-state index contributed by atoms with van der Waals surface area (Å²) in [6, 6.07) is 1.49. The van der Waals surface area contributed by atoms with Gasteiger partial charge in [-0.3, -0.25) is 0 Å². The molecule has 0 aliphatic heterocycles. The Bertz CT molecular complexity index is 417. The van der Waals surface area contributed by atoms with E-state index in [9.17, 15) is 4.79 Å². The summed E-state index contributed by atoms with van der Waals surface area (Å²) in [5.41, 5.74) is 0.0931. The van der Waals surface area contributed by atoms with E-state index in [1.165, 1.54) is 37.9 Å². The maximum Gasteiger partial charge on any atom is 0.337 e. The van der Waals surface area contributed by atoms with Crippen LogP contribution in [0.3, 0.4) is 0 Å². The van der Waals surface area contributed by atoms with Crippen LogP contribution in [0.25, 0.3) is 0 Å². The molecule has 17 heavy (non-hydrogen) atoms. The molecule has 2 N–H and O–H groups in total. The first-order valence-corrected chi connectivity index (χ1v) is 6.17. The van der Waals surface area contributed by atoms with Crippen molar-refractivity contribution >= 4 is 23.4 Å². The number of nitrogens with zero attached hydrogens (tertiary/aromatic N) is 1. The standard InChI is InChI=1S/C12H15ClN2O2/c13-10-7-15-11(5-9(10)12(16)17)14-6-8-3-1-2-4-8/h5,7-8H,1-4,6H2,(H,14,15)(H,16,17). The van der Waals surface area contributed by atoms with E-state index < -0.39 is 5.97 Å². The minimum Gasteiger partial charge on any atom is -0.478 e. The van der Waals surface area contributed by atoms with Gasteiger partial charge in [0.2, 0.25) is 0 Å². The second-order valence-electron chi connectivity index (χ2n) is 4.39. The molecule has 5 heteroatoms. The summed E-state index contributed by atoms with van der Waals surface area (Å²) in [5, 5.41) is 12.3. The van der Waals surface area contributed by atoms with E-state index in [-0.39, 0.29) is 10.6 Å². The third kappa shape index (κ3) is 3.09. The lowest BCUT2D eigenvalue weighted by Crippen LogP contribution is -2.12. The van der Waals surface area contributed by atoms with Crippen molar-refractivity contribution in [3.63, 3.8) is 0 Å². The molecule has 1 saturated carbocycles. The molecular formula is C12H15ClN2O2. The van der Waals surface area contributed by atoms with Crippen LogP contribution in [-0.2, 0) is 0 Å². The Labute approximate surface area is 105 Å². The fraction of sp³-hybridized carbons (Fsp3) is 0.500. The largest absolute Gasteiger partial charge is 0.478 e. The molecule has 2 rings (SSSR count). The smallest absolute Gasteiger partial charge is 0.337 e. The van der Waals surface area contributed by atoms with Gasteiger partial charge in [-0.2, -0.15) is 0 Å². The van der Waals surface area contributed by atoms with Crippen LogP contribution in [0.1, 0.15) is 36.0 Å². The highest BCUT2D eigenvalue weighted by atomic mass is 35.5. The number of hydrogen-bond donors (Lipinski definition) is 2. The zero-order chi connectivity index (χ0) is 12.3. The predicted molar refractivity (Wildman–Crippen MR) is 66.7 cm³/mol. The Morgan fingerprint density at radius 1 is 1.53 bits per heavy atom. The number of rotatable bonds is 4. The number of pyridine rings is 1. The summed E-state index contributed by atoms with van der Waals surface area (Å²) in [6.45, 7) is 0.855. The van der Waals surface area contributed by atoms with Gasteiger partial charge in [0, 0.05) is 12.7 Å². The third-order valence-corrected chi connectivity index (χ3v) is 3.43. The molecular weight excluding hydrogens is 240 g/mol. The van der Waals surface area contributed by atoms with Gasteiger partial charge < -0.3 is 10.4 Å². The molecule has 1 aliphatic carbocycles. The number of nitrogens with one attached hydrogen (secondary N) is 1. The Kier molecular flexibility index (Phi) is 3.84. The van der Waals surface area contributed by atoms with Gasteiger partial charge in [0.1, 0.15) is 5.82 Å². The fourth-order valence-corrected chi connectivity index (χ4v) is 2.35. The molecule has 0 radical (unpaired) electrons. The molecule has 0 unspecified atom stereocenters. The molecule has 1 heterocycles. The first-order chi connectivity index (χ1) is 8.16. The minimum absolute atomic E-state index is 0.0931. The molecule has 0 bridgehead atoms. The van der Waals surface area contributed by atoms with Crippen LogP contribution in [0.2, 0.25) is 5.02 Å². The van der Waals surface area contributed by atoms with Crippen LogP contribution >= 0.6 is 11.6 Å². The lowest BCUT2D eigenvalue weighted by atomic mass is 10.1. The first kappa shape index (κ1) is 12.2. The van der Waals surface area contributed by atoms with Gasteiger partial charge in [0.25, 0.3) is 0 Å². The van der Waals surface area contributed by atoms with Crippen LogP contribution in [-0.4, -0.2) is 22.6 Å². The minimum atomic E-state index is -1.03. The summed E-state index contributed by atoms with van der Waals surface area (Å²) >= 11 is 5.75. The summed E-state index contributed by atoms with van der Waals surface area (Å²) < 4.78 is 0. The molecule has 0 atom stereocenters. The molecule has 1 aromatic heterocycles. The Balaban J connectivity index is 2.00. The van der Waals surface area contributed by atoms with Gasteiger partial charge >= 0.3 is 5.97 Å². The van der Waals surface area contributed by atoms with Crippen molar-refractivity contribution in [1.82, 2.24) is 4.98 Å². The van der Waals surface area contributed by atoms with E-state index in [0.717, 1.165) is 6.54 Å². The number of aromatic carboxylic acids is 1. The van der Waals surface area contributed by atoms with Gasteiger partial charge in [0.15, 0.2) is 0 Å². The van der Waals surface area contributed by atoms with E-state index in [0.29, 0.717) is 11.7 Å². The van der Waals surface area contributed by atoms with E-state index in [1.54, 1.807) is 0 Å². The van der Waals surface area contributed by atoms with Gasteiger partial charge in [-0.1, -0.05) is 24.4 Å². The van der Waals surface area contributed by atoms with Gasteiger partial charge in [-0.15, -0.1) is 0 Å². The Hall–Kier alpha value is -1.29.